The molecule has 3 N–H and O–H groups in total. The average molecular weight is 325 g/mol. The molecule has 0 radical (unpaired) electrons. The number of benzene rings is 1. The van der Waals surface area contributed by atoms with Gasteiger partial charge in [0.1, 0.15) is 12.4 Å². The maximum absolute atomic E-state index is 12.5. The lowest BCUT2D eigenvalue weighted by molar-refractivity contribution is -0.120. The van der Waals surface area contributed by atoms with Gasteiger partial charge in [0.25, 0.3) is 0 Å². The number of nitrogens with one attached hydrogen (secondary N) is 1. The molecule has 0 bridgehead atoms. The molecule has 1 aliphatic carbocycles. The lowest BCUT2D eigenvalue weighted by Gasteiger charge is -2.17. The monoisotopic (exact) mass is 325 g/mol. The first kappa shape index (κ1) is 16.5. The normalized spacial score (nSPS) is 19.9. The molecule has 5 heteroatoms. The Hall–Kier alpha value is -2.40. The third-order valence-corrected chi connectivity index (χ3v) is 4.51. The van der Waals surface area contributed by atoms with Crippen molar-refractivity contribution in [3.8, 4) is 5.75 Å². The molecule has 1 aromatic heterocycles. The average Bonchev–Trinajstić information content (AvgIpc) is 3.10. The first-order valence-corrected chi connectivity index (χ1v) is 8.40. The largest absolute Gasteiger partial charge is 0.487 e. The lowest BCUT2D eigenvalue weighted by Crippen LogP contribution is -2.29. The summed E-state index contributed by atoms with van der Waals surface area (Å²) in [4.78, 5) is 16.7. The summed E-state index contributed by atoms with van der Waals surface area (Å²) in [5, 5.41) is 3.00. The number of hydrogen-bond donors (Lipinski definition) is 2. The minimum Gasteiger partial charge on any atom is -0.487 e. The van der Waals surface area contributed by atoms with E-state index in [0.29, 0.717) is 24.8 Å². The van der Waals surface area contributed by atoms with Crippen molar-refractivity contribution >= 4 is 11.6 Å². The molecule has 0 saturated heterocycles. The van der Waals surface area contributed by atoms with Gasteiger partial charge in [0.2, 0.25) is 5.91 Å². The Bertz CT molecular complexity index is 675. The molecule has 0 spiro atoms. The number of amides is 1. The second kappa shape index (κ2) is 7.93. The molecule has 1 aromatic carbocycles. The van der Waals surface area contributed by atoms with Crippen LogP contribution in [0.2, 0.25) is 0 Å². The molecule has 0 unspecified atom stereocenters. The fourth-order valence-electron chi connectivity index (χ4n) is 3.20. The summed E-state index contributed by atoms with van der Waals surface area (Å²) in [5.41, 5.74) is 7.38. The van der Waals surface area contributed by atoms with Crippen LogP contribution in [0.1, 0.15) is 25.0 Å². The number of ether oxygens (including phenoxy) is 1. The summed E-state index contributed by atoms with van der Waals surface area (Å²) in [5.74, 6) is 1.09. The second-order valence-electron chi connectivity index (χ2n) is 6.16. The molecule has 0 aliphatic heterocycles. The van der Waals surface area contributed by atoms with Crippen molar-refractivity contribution in [1.29, 1.82) is 0 Å². The zero-order valence-electron chi connectivity index (χ0n) is 13.7. The van der Waals surface area contributed by atoms with Crippen molar-refractivity contribution in [2.24, 2.45) is 17.6 Å². The molecule has 1 fully saturated rings. The summed E-state index contributed by atoms with van der Waals surface area (Å²) < 4.78 is 5.75. The molecule has 2 aromatic rings. The van der Waals surface area contributed by atoms with Crippen LogP contribution in [0.5, 0.6) is 5.75 Å². The number of carbonyl (C=O) groups excluding carboxylic acids is 1. The molecule has 1 amide bonds. The molecular formula is C19H23N3O2. The van der Waals surface area contributed by atoms with Crippen molar-refractivity contribution in [3.63, 3.8) is 0 Å². The van der Waals surface area contributed by atoms with Gasteiger partial charge in [0.15, 0.2) is 0 Å². The van der Waals surface area contributed by atoms with Gasteiger partial charge in [0.05, 0.1) is 5.69 Å². The zero-order chi connectivity index (χ0) is 16.8. The topological polar surface area (TPSA) is 77.2 Å². The van der Waals surface area contributed by atoms with Gasteiger partial charge in [0, 0.05) is 23.9 Å². The first-order chi connectivity index (χ1) is 11.8. The number of nitrogens with zero attached hydrogens (tertiary/aromatic N) is 1. The summed E-state index contributed by atoms with van der Waals surface area (Å²) in [7, 11) is 0. The van der Waals surface area contributed by atoms with Crippen LogP contribution in [0.3, 0.4) is 0 Å². The summed E-state index contributed by atoms with van der Waals surface area (Å²) in [6, 6.07) is 13.2. The van der Waals surface area contributed by atoms with Crippen LogP contribution in [0.25, 0.3) is 0 Å². The van der Waals surface area contributed by atoms with E-state index in [0.717, 1.165) is 30.6 Å². The molecule has 1 heterocycles. The highest BCUT2D eigenvalue weighted by Gasteiger charge is 2.31. The van der Waals surface area contributed by atoms with E-state index >= 15 is 0 Å². The van der Waals surface area contributed by atoms with Crippen LogP contribution in [-0.4, -0.2) is 17.4 Å². The van der Waals surface area contributed by atoms with E-state index in [1.54, 1.807) is 6.20 Å². The van der Waals surface area contributed by atoms with Crippen molar-refractivity contribution < 1.29 is 9.53 Å². The molecule has 3 rings (SSSR count). The standard InChI is InChI=1S/C19H23N3O2/c20-12-14-5-3-9-18(14)19(23)22-15-7-4-8-17(11-15)24-13-16-6-1-2-10-21-16/h1-2,4,6-8,10-11,14,18H,3,5,9,12-13,20H2,(H,22,23)/t14-,18-/m1/s1. The van der Waals surface area contributed by atoms with Crippen molar-refractivity contribution in [1.82, 2.24) is 4.98 Å². The van der Waals surface area contributed by atoms with Crippen LogP contribution in [0.15, 0.2) is 48.7 Å². The third kappa shape index (κ3) is 4.11. The predicted octanol–water partition coefficient (Wildman–Crippen LogP) is 2.97. The molecule has 1 saturated carbocycles. The maximum Gasteiger partial charge on any atom is 0.227 e. The fraction of sp³-hybridized carbons (Fsp3) is 0.368. The number of anilines is 1. The lowest BCUT2D eigenvalue weighted by atomic mass is 9.95. The van der Waals surface area contributed by atoms with Gasteiger partial charge >= 0.3 is 0 Å². The minimum absolute atomic E-state index is 0.0214. The Morgan fingerprint density at radius 1 is 1.25 bits per heavy atom. The van der Waals surface area contributed by atoms with Crippen LogP contribution in [-0.2, 0) is 11.4 Å². The Kier molecular flexibility index (Phi) is 5.43. The summed E-state index contributed by atoms with van der Waals surface area (Å²) in [6.07, 6.45) is 4.78. The smallest absolute Gasteiger partial charge is 0.227 e. The van der Waals surface area contributed by atoms with Gasteiger partial charge in [-0.3, -0.25) is 9.78 Å². The van der Waals surface area contributed by atoms with E-state index in [2.05, 4.69) is 10.3 Å². The Morgan fingerprint density at radius 2 is 2.17 bits per heavy atom. The molecule has 1 aliphatic rings. The summed E-state index contributed by atoms with van der Waals surface area (Å²) in [6.45, 7) is 0.974. The SMILES string of the molecule is NC[C@H]1CCC[C@H]1C(=O)Nc1cccc(OCc2ccccn2)c1. The molecular weight excluding hydrogens is 302 g/mol. The van der Waals surface area contributed by atoms with Crippen molar-refractivity contribution in [2.75, 3.05) is 11.9 Å². The van der Waals surface area contributed by atoms with Crippen molar-refractivity contribution in [2.45, 2.75) is 25.9 Å². The number of pyridine rings is 1. The van der Waals surface area contributed by atoms with Gasteiger partial charge in [-0.15, -0.1) is 0 Å². The third-order valence-electron chi connectivity index (χ3n) is 4.51. The maximum atomic E-state index is 12.5. The number of aromatic nitrogens is 1. The highest BCUT2D eigenvalue weighted by atomic mass is 16.5. The van der Waals surface area contributed by atoms with Crippen LogP contribution < -0.4 is 15.8 Å². The summed E-state index contributed by atoms with van der Waals surface area (Å²) >= 11 is 0. The highest BCUT2D eigenvalue weighted by molar-refractivity contribution is 5.93. The van der Waals surface area contributed by atoms with Crippen LogP contribution in [0.4, 0.5) is 5.69 Å². The van der Waals surface area contributed by atoms with Gasteiger partial charge in [-0.1, -0.05) is 18.6 Å². The zero-order valence-corrected chi connectivity index (χ0v) is 13.7. The van der Waals surface area contributed by atoms with E-state index in [4.69, 9.17) is 10.5 Å². The van der Waals surface area contributed by atoms with E-state index in [1.807, 2.05) is 42.5 Å². The molecule has 2 atom stereocenters. The van der Waals surface area contributed by atoms with Gasteiger partial charge < -0.3 is 15.8 Å². The van der Waals surface area contributed by atoms with Gasteiger partial charge in [-0.05, 0) is 49.6 Å². The molecule has 126 valence electrons. The Labute approximate surface area is 142 Å². The number of hydrogen-bond acceptors (Lipinski definition) is 4. The molecule has 5 nitrogen and oxygen atoms in total. The van der Waals surface area contributed by atoms with E-state index in [1.165, 1.54) is 0 Å². The van der Waals surface area contributed by atoms with E-state index in [9.17, 15) is 4.79 Å². The minimum atomic E-state index is 0.0214. The van der Waals surface area contributed by atoms with Crippen LogP contribution >= 0.6 is 0 Å². The second-order valence-corrected chi connectivity index (χ2v) is 6.16. The van der Waals surface area contributed by atoms with Gasteiger partial charge in [-0.25, -0.2) is 0 Å². The number of carbonyl (C=O) groups is 1. The quantitative estimate of drug-likeness (QED) is 0.856. The number of rotatable bonds is 6. The number of nitrogens with two attached hydrogens (primary N) is 1. The predicted molar refractivity (Wildman–Crippen MR) is 93.5 cm³/mol. The van der Waals surface area contributed by atoms with E-state index < -0.39 is 0 Å². The van der Waals surface area contributed by atoms with Crippen LogP contribution in [0, 0.1) is 11.8 Å². The Morgan fingerprint density at radius 3 is 2.96 bits per heavy atom. The van der Waals surface area contributed by atoms with Crippen molar-refractivity contribution in [3.05, 3.63) is 54.4 Å². The fourth-order valence-corrected chi connectivity index (χ4v) is 3.20. The first-order valence-electron chi connectivity index (χ1n) is 8.40. The highest BCUT2D eigenvalue weighted by Crippen LogP contribution is 2.32. The molecule has 24 heavy (non-hydrogen) atoms. The van der Waals surface area contributed by atoms with Gasteiger partial charge in [-0.2, -0.15) is 0 Å². The van der Waals surface area contributed by atoms with E-state index in [-0.39, 0.29) is 11.8 Å². The Balaban J connectivity index is 1.59.